The second-order valence-electron chi connectivity index (χ2n) is 6.99. The van der Waals surface area contributed by atoms with Crippen molar-refractivity contribution in [2.45, 2.75) is 43.5 Å². The number of aliphatic hydroxyl groups is 1. The largest absolute Gasteiger partial charge is 0.508 e. The number of carbonyl (C=O) groups is 1. The van der Waals surface area contributed by atoms with E-state index < -0.39 is 29.5 Å². The second kappa shape index (κ2) is 8.23. The van der Waals surface area contributed by atoms with Crippen LogP contribution < -0.4 is 5.32 Å². The van der Waals surface area contributed by atoms with E-state index in [2.05, 4.69) is 5.32 Å². The van der Waals surface area contributed by atoms with Gasteiger partial charge in [-0.3, -0.25) is 4.79 Å². The lowest BCUT2D eigenvalue weighted by atomic mass is 9.76. The zero-order valence-electron chi connectivity index (χ0n) is 14.8. The molecule has 28 heavy (non-hydrogen) atoms. The summed E-state index contributed by atoms with van der Waals surface area (Å²) in [7, 11) is 0. The number of aromatic hydroxyl groups is 1. The first-order valence-corrected chi connectivity index (χ1v) is 9.56. The lowest BCUT2D eigenvalue weighted by molar-refractivity contribution is -0.0445. The summed E-state index contributed by atoms with van der Waals surface area (Å²) in [5, 5.41) is 23.4. The van der Waals surface area contributed by atoms with Crippen molar-refractivity contribution in [1.29, 1.82) is 0 Å². The Morgan fingerprint density at radius 2 is 1.89 bits per heavy atom. The molecular weight excluding hydrogens is 411 g/mol. The van der Waals surface area contributed by atoms with Gasteiger partial charge in [0.25, 0.3) is 5.91 Å². The number of alkyl halides is 1. The van der Waals surface area contributed by atoms with Crippen LogP contribution in [0.4, 0.5) is 8.78 Å². The molecule has 0 bridgehead atoms. The molecule has 3 rings (SSSR count). The van der Waals surface area contributed by atoms with E-state index >= 15 is 0 Å². The summed E-state index contributed by atoms with van der Waals surface area (Å²) in [6, 6.07) is 6.87. The molecule has 2 aromatic carbocycles. The van der Waals surface area contributed by atoms with Gasteiger partial charge in [-0.05, 0) is 55.5 Å². The van der Waals surface area contributed by atoms with Crippen LogP contribution >= 0.6 is 23.2 Å². The Kier molecular flexibility index (Phi) is 6.12. The number of halogens is 4. The van der Waals surface area contributed by atoms with Gasteiger partial charge in [0, 0.05) is 0 Å². The first-order valence-electron chi connectivity index (χ1n) is 8.81. The molecule has 1 fully saturated rings. The molecule has 0 radical (unpaired) electrons. The Bertz CT molecular complexity index is 886. The molecule has 2 aromatic rings. The van der Waals surface area contributed by atoms with E-state index in [4.69, 9.17) is 23.2 Å². The van der Waals surface area contributed by atoms with Crippen LogP contribution in [0.2, 0.25) is 10.0 Å². The van der Waals surface area contributed by atoms with Gasteiger partial charge >= 0.3 is 0 Å². The number of nitrogens with one attached hydrogen (secondary N) is 1. The Labute approximate surface area is 171 Å². The molecule has 0 aromatic heterocycles. The van der Waals surface area contributed by atoms with Gasteiger partial charge in [0.15, 0.2) is 0 Å². The van der Waals surface area contributed by atoms with Crippen molar-refractivity contribution < 1.29 is 23.8 Å². The third kappa shape index (κ3) is 4.24. The smallest absolute Gasteiger partial charge is 0.253 e. The summed E-state index contributed by atoms with van der Waals surface area (Å²) in [6.07, 6.45) is -0.676. The summed E-state index contributed by atoms with van der Waals surface area (Å²) in [5.74, 6) is -1.54. The molecule has 1 unspecified atom stereocenters. The van der Waals surface area contributed by atoms with Crippen molar-refractivity contribution in [2.24, 2.45) is 0 Å². The maximum absolute atomic E-state index is 14.0. The van der Waals surface area contributed by atoms with Crippen LogP contribution in [0.1, 0.15) is 47.6 Å². The SMILES string of the molecule is O=C(NC(c1cccc(F)c1Cl)[C@]1(O)CC[C@@H](F)CC1)c1cc(O)ccc1Cl. The van der Waals surface area contributed by atoms with Crippen LogP contribution in [0.5, 0.6) is 5.75 Å². The van der Waals surface area contributed by atoms with Crippen molar-refractivity contribution in [2.75, 3.05) is 0 Å². The van der Waals surface area contributed by atoms with Crippen molar-refractivity contribution in [3.63, 3.8) is 0 Å². The summed E-state index contributed by atoms with van der Waals surface area (Å²) >= 11 is 12.2. The van der Waals surface area contributed by atoms with Gasteiger partial charge in [0.1, 0.15) is 17.7 Å². The highest BCUT2D eigenvalue weighted by atomic mass is 35.5. The van der Waals surface area contributed by atoms with Crippen LogP contribution in [0.15, 0.2) is 36.4 Å². The zero-order chi connectivity index (χ0) is 20.5. The van der Waals surface area contributed by atoms with Crippen molar-refractivity contribution in [1.82, 2.24) is 5.32 Å². The fourth-order valence-electron chi connectivity index (χ4n) is 3.51. The second-order valence-corrected chi connectivity index (χ2v) is 7.78. The van der Waals surface area contributed by atoms with Gasteiger partial charge in [-0.2, -0.15) is 0 Å². The molecule has 1 amide bonds. The van der Waals surface area contributed by atoms with E-state index in [-0.39, 0.29) is 52.6 Å². The number of hydrogen-bond donors (Lipinski definition) is 3. The molecule has 3 N–H and O–H groups in total. The van der Waals surface area contributed by atoms with Crippen LogP contribution in [-0.4, -0.2) is 27.9 Å². The maximum Gasteiger partial charge on any atom is 0.253 e. The molecule has 4 nitrogen and oxygen atoms in total. The highest BCUT2D eigenvalue weighted by Gasteiger charge is 2.43. The molecule has 0 spiro atoms. The van der Waals surface area contributed by atoms with E-state index in [1.165, 1.54) is 36.4 Å². The fourth-order valence-corrected chi connectivity index (χ4v) is 3.95. The van der Waals surface area contributed by atoms with E-state index in [0.717, 1.165) is 0 Å². The lowest BCUT2D eigenvalue weighted by Gasteiger charge is -2.41. The summed E-state index contributed by atoms with van der Waals surface area (Å²) in [5.41, 5.74) is -1.34. The summed E-state index contributed by atoms with van der Waals surface area (Å²) in [4.78, 5) is 12.8. The van der Waals surface area contributed by atoms with Gasteiger partial charge in [-0.1, -0.05) is 35.3 Å². The number of amides is 1. The molecule has 0 heterocycles. The summed E-state index contributed by atoms with van der Waals surface area (Å²) < 4.78 is 27.7. The fraction of sp³-hybridized carbons (Fsp3) is 0.350. The average molecular weight is 430 g/mol. The molecule has 1 aliphatic carbocycles. The third-order valence-electron chi connectivity index (χ3n) is 5.08. The quantitative estimate of drug-likeness (QED) is 0.643. The number of benzene rings is 2. The highest BCUT2D eigenvalue weighted by molar-refractivity contribution is 6.34. The van der Waals surface area contributed by atoms with Gasteiger partial charge in [-0.15, -0.1) is 0 Å². The monoisotopic (exact) mass is 429 g/mol. The van der Waals surface area contributed by atoms with E-state index in [1.54, 1.807) is 0 Å². The topological polar surface area (TPSA) is 69.6 Å². The van der Waals surface area contributed by atoms with Crippen molar-refractivity contribution in [3.8, 4) is 5.75 Å². The van der Waals surface area contributed by atoms with Crippen LogP contribution in [0.3, 0.4) is 0 Å². The normalized spacial score (nSPS) is 23.2. The van der Waals surface area contributed by atoms with Gasteiger partial charge < -0.3 is 15.5 Å². The standard InChI is InChI=1S/C20H19Cl2F2NO3/c21-15-5-4-12(26)10-14(15)19(27)25-18(13-2-1-3-16(24)17(13)22)20(28)8-6-11(23)7-9-20/h1-5,10-11,18,26,28H,6-9H2,(H,25,27)/t11-,18?,20+. The predicted octanol–water partition coefficient (Wildman–Crippen LogP) is 4.95. The Morgan fingerprint density at radius 1 is 1.21 bits per heavy atom. The van der Waals surface area contributed by atoms with Crippen LogP contribution in [-0.2, 0) is 0 Å². The molecule has 1 aliphatic rings. The van der Waals surface area contributed by atoms with E-state index in [0.29, 0.717) is 0 Å². The molecule has 1 atom stereocenters. The zero-order valence-corrected chi connectivity index (χ0v) is 16.3. The number of hydrogen-bond acceptors (Lipinski definition) is 3. The highest BCUT2D eigenvalue weighted by Crippen LogP contribution is 2.42. The van der Waals surface area contributed by atoms with Crippen LogP contribution in [0, 0.1) is 5.82 Å². The van der Waals surface area contributed by atoms with E-state index in [1.807, 2.05) is 0 Å². The average Bonchev–Trinajstić information content (AvgIpc) is 2.66. The Balaban J connectivity index is 2.00. The first-order chi connectivity index (χ1) is 13.2. The van der Waals surface area contributed by atoms with E-state index in [9.17, 15) is 23.8 Å². The molecule has 0 saturated heterocycles. The molecular formula is C20H19Cl2F2NO3. The predicted molar refractivity (Wildman–Crippen MR) is 103 cm³/mol. The number of rotatable bonds is 4. The van der Waals surface area contributed by atoms with Gasteiger partial charge in [0.2, 0.25) is 0 Å². The van der Waals surface area contributed by atoms with Crippen LogP contribution in [0.25, 0.3) is 0 Å². The first kappa shape index (κ1) is 20.8. The maximum atomic E-state index is 14.0. The minimum Gasteiger partial charge on any atom is -0.508 e. The number of phenolic OH excluding ortho intramolecular Hbond substituents is 1. The molecule has 150 valence electrons. The minimum atomic E-state index is -1.51. The Morgan fingerprint density at radius 3 is 2.57 bits per heavy atom. The number of carbonyl (C=O) groups excluding carboxylic acids is 1. The molecule has 1 saturated carbocycles. The molecule has 8 heteroatoms. The van der Waals surface area contributed by atoms with Crippen molar-refractivity contribution >= 4 is 29.1 Å². The minimum absolute atomic E-state index is 0.0121. The Hall–Kier alpha value is -1.89. The lowest BCUT2D eigenvalue weighted by Crippen LogP contribution is -2.48. The van der Waals surface area contributed by atoms with Crippen molar-refractivity contribution in [3.05, 3.63) is 63.4 Å². The van der Waals surface area contributed by atoms with Gasteiger partial charge in [-0.25, -0.2) is 8.78 Å². The summed E-state index contributed by atoms with van der Waals surface area (Å²) in [6.45, 7) is 0. The number of phenols is 1. The van der Waals surface area contributed by atoms with Gasteiger partial charge in [0.05, 0.1) is 27.3 Å². The molecule has 0 aliphatic heterocycles. The third-order valence-corrected chi connectivity index (χ3v) is 5.81.